The van der Waals surface area contributed by atoms with Gasteiger partial charge in [0, 0.05) is 26.1 Å². The zero-order valence-corrected chi connectivity index (χ0v) is 11.5. The highest BCUT2D eigenvalue weighted by Crippen LogP contribution is 2.24. The zero-order valence-electron chi connectivity index (χ0n) is 11.5. The fourth-order valence-electron chi connectivity index (χ4n) is 3.06. The van der Waals surface area contributed by atoms with E-state index in [1.165, 1.54) is 0 Å². The summed E-state index contributed by atoms with van der Waals surface area (Å²) in [6.07, 6.45) is 4.53. The molecule has 1 atom stereocenters. The van der Waals surface area contributed by atoms with Crippen molar-refractivity contribution in [3.63, 3.8) is 0 Å². The molecule has 2 aliphatic rings. The molecule has 2 fully saturated rings. The Bertz CT molecular complexity index is 326. The Labute approximate surface area is 109 Å². The van der Waals surface area contributed by atoms with Gasteiger partial charge in [0.1, 0.15) is 6.04 Å². The topological polar surface area (TPSA) is 40.6 Å². The van der Waals surface area contributed by atoms with E-state index in [-0.39, 0.29) is 17.9 Å². The molecular formula is C14H24N2O2. The molecule has 1 unspecified atom stereocenters. The highest BCUT2D eigenvalue weighted by atomic mass is 16.2. The minimum atomic E-state index is -0.158. The van der Waals surface area contributed by atoms with Crippen LogP contribution in [0.2, 0.25) is 0 Å². The molecular weight excluding hydrogens is 228 g/mol. The van der Waals surface area contributed by atoms with Crippen LogP contribution >= 0.6 is 0 Å². The van der Waals surface area contributed by atoms with Crippen LogP contribution in [-0.4, -0.2) is 47.3 Å². The van der Waals surface area contributed by atoms with E-state index in [1.807, 2.05) is 4.90 Å². The van der Waals surface area contributed by atoms with Gasteiger partial charge in [-0.3, -0.25) is 9.59 Å². The molecule has 0 N–H and O–H groups in total. The normalized spacial score (nSPS) is 24.7. The van der Waals surface area contributed by atoms with Gasteiger partial charge < -0.3 is 9.80 Å². The second-order valence-electron chi connectivity index (χ2n) is 5.46. The van der Waals surface area contributed by atoms with Gasteiger partial charge in [0.05, 0.1) is 0 Å². The standard InChI is InChI=1S/C14H24N2O2/c1-3-11(4-2)10-15-9-7-13(17)16-8-5-6-12(16)14(15)18/h11-12H,3-10H2,1-2H3. The highest BCUT2D eigenvalue weighted by molar-refractivity contribution is 5.90. The van der Waals surface area contributed by atoms with Crippen molar-refractivity contribution in [3.8, 4) is 0 Å². The second-order valence-corrected chi connectivity index (χ2v) is 5.46. The Morgan fingerprint density at radius 2 is 1.94 bits per heavy atom. The number of hydrogen-bond donors (Lipinski definition) is 0. The molecule has 2 rings (SSSR count). The van der Waals surface area contributed by atoms with Crippen molar-refractivity contribution in [3.05, 3.63) is 0 Å². The van der Waals surface area contributed by atoms with Gasteiger partial charge in [-0.1, -0.05) is 26.7 Å². The molecule has 0 aromatic rings. The largest absolute Gasteiger partial charge is 0.340 e. The van der Waals surface area contributed by atoms with E-state index in [2.05, 4.69) is 13.8 Å². The van der Waals surface area contributed by atoms with Gasteiger partial charge in [-0.05, 0) is 18.8 Å². The van der Waals surface area contributed by atoms with E-state index in [0.717, 1.165) is 38.8 Å². The van der Waals surface area contributed by atoms with E-state index in [1.54, 1.807) is 4.90 Å². The van der Waals surface area contributed by atoms with Gasteiger partial charge in [0.2, 0.25) is 11.8 Å². The molecule has 0 aliphatic carbocycles. The van der Waals surface area contributed by atoms with E-state index in [0.29, 0.717) is 18.9 Å². The van der Waals surface area contributed by atoms with Crippen molar-refractivity contribution >= 4 is 11.8 Å². The Hall–Kier alpha value is -1.06. The van der Waals surface area contributed by atoms with E-state index < -0.39 is 0 Å². The lowest BCUT2D eigenvalue weighted by Gasteiger charge is -2.28. The Morgan fingerprint density at radius 3 is 2.61 bits per heavy atom. The molecule has 0 aromatic carbocycles. The number of nitrogens with zero attached hydrogens (tertiary/aromatic N) is 2. The summed E-state index contributed by atoms with van der Waals surface area (Å²) in [6, 6.07) is -0.158. The number of carbonyl (C=O) groups excluding carboxylic acids is 2. The third kappa shape index (κ3) is 2.52. The molecule has 2 aliphatic heterocycles. The lowest BCUT2D eigenvalue weighted by atomic mass is 10.0. The Morgan fingerprint density at radius 1 is 1.22 bits per heavy atom. The summed E-state index contributed by atoms with van der Waals surface area (Å²) in [4.78, 5) is 28.2. The molecule has 4 nitrogen and oxygen atoms in total. The summed E-state index contributed by atoms with van der Waals surface area (Å²) in [7, 11) is 0. The van der Waals surface area contributed by atoms with Crippen LogP contribution < -0.4 is 0 Å². The number of carbonyl (C=O) groups is 2. The third-order valence-corrected chi connectivity index (χ3v) is 4.40. The van der Waals surface area contributed by atoms with Gasteiger partial charge >= 0.3 is 0 Å². The summed E-state index contributed by atoms with van der Waals surface area (Å²) in [5.74, 6) is 0.917. The average molecular weight is 252 g/mol. The van der Waals surface area contributed by atoms with Gasteiger partial charge in [0.15, 0.2) is 0 Å². The van der Waals surface area contributed by atoms with E-state index in [9.17, 15) is 9.59 Å². The van der Waals surface area contributed by atoms with Crippen LogP contribution in [0.4, 0.5) is 0 Å². The highest BCUT2D eigenvalue weighted by Gasteiger charge is 2.39. The molecule has 0 radical (unpaired) electrons. The Kier molecular flexibility index (Phi) is 4.25. The maximum Gasteiger partial charge on any atom is 0.245 e. The van der Waals surface area contributed by atoms with Gasteiger partial charge in [-0.2, -0.15) is 0 Å². The fraction of sp³-hybridized carbons (Fsp3) is 0.857. The number of fused-ring (bicyclic) bond motifs is 1. The number of hydrogen-bond acceptors (Lipinski definition) is 2. The van der Waals surface area contributed by atoms with Crippen LogP contribution in [0.3, 0.4) is 0 Å². The number of rotatable bonds is 4. The van der Waals surface area contributed by atoms with Crippen molar-refractivity contribution in [1.29, 1.82) is 0 Å². The van der Waals surface area contributed by atoms with Crippen molar-refractivity contribution < 1.29 is 9.59 Å². The SMILES string of the molecule is CCC(CC)CN1CCC(=O)N2CCCC2C1=O. The summed E-state index contributed by atoms with van der Waals surface area (Å²) < 4.78 is 0. The molecule has 102 valence electrons. The molecule has 0 saturated carbocycles. The first-order valence-corrected chi connectivity index (χ1v) is 7.25. The maximum atomic E-state index is 12.5. The molecule has 0 aromatic heterocycles. The molecule has 2 heterocycles. The second kappa shape index (κ2) is 5.72. The molecule has 2 saturated heterocycles. The fourth-order valence-corrected chi connectivity index (χ4v) is 3.06. The smallest absolute Gasteiger partial charge is 0.245 e. The van der Waals surface area contributed by atoms with Crippen molar-refractivity contribution in [2.45, 2.75) is 52.0 Å². The summed E-state index contributed by atoms with van der Waals surface area (Å²) in [5.41, 5.74) is 0. The zero-order chi connectivity index (χ0) is 13.1. The van der Waals surface area contributed by atoms with Crippen LogP contribution in [0, 0.1) is 5.92 Å². The first kappa shape index (κ1) is 13.4. The lowest BCUT2D eigenvalue weighted by Crippen LogP contribution is -2.44. The summed E-state index contributed by atoms with van der Waals surface area (Å²) in [6.45, 7) is 6.55. The lowest BCUT2D eigenvalue weighted by molar-refractivity contribution is -0.139. The quantitative estimate of drug-likeness (QED) is 0.763. The van der Waals surface area contributed by atoms with E-state index in [4.69, 9.17) is 0 Å². The summed E-state index contributed by atoms with van der Waals surface area (Å²) >= 11 is 0. The minimum Gasteiger partial charge on any atom is -0.340 e. The van der Waals surface area contributed by atoms with Crippen molar-refractivity contribution in [2.75, 3.05) is 19.6 Å². The molecule has 0 bridgehead atoms. The summed E-state index contributed by atoms with van der Waals surface area (Å²) in [5, 5.41) is 0. The van der Waals surface area contributed by atoms with Crippen molar-refractivity contribution in [2.24, 2.45) is 5.92 Å². The predicted molar refractivity (Wildman–Crippen MR) is 70.0 cm³/mol. The minimum absolute atomic E-state index is 0.158. The number of amides is 2. The van der Waals surface area contributed by atoms with Crippen LogP contribution in [0.25, 0.3) is 0 Å². The van der Waals surface area contributed by atoms with Gasteiger partial charge in [-0.25, -0.2) is 0 Å². The molecule has 18 heavy (non-hydrogen) atoms. The van der Waals surface area contributed by atoms with Crippen LogP contribution in [0.1, 0.15) is 46.0 Å². The predicted octanol–water partition coefficient (Wildman–Crippen LogP) is 1.65. The molecule has 0 spiro atoms. The third-order valence-electron chi connectivity index (χ3n) is 4.40. The maximum absolute atomic E-state index is 12.5. The van der Waals surface area contributed by atoms with Crippen LogP contribution in [0.15, 0.2) is 0 Å². The molecule has 4 heteroatoms. The first-order valence-electron chi connectivity index (χ1n) is 7.25. The molecule has 2 amide bonds. The average Bonchev–Trinajstić information content (AvgIpc) is 2.83. The van der Waals surface area contributed by atoms with Crippen molar-refractivity contribution in [1.82, 2.24) is 9.80 Å². The van der Waals surface area contributed by atoms with Gasteiger partial charge in [-0.15, -0.1) is 0 Å². The Balaban J connectivity index is 2.07. The van der Waals surface area contributed by atoms with E-state index >= 15 is 0 Å². The van der Waals surface area contributed by atoms with Crippen LogP contribution in [0.5, 0.6) is 0 Å². The monoisotopic (exact) mass is 252 g/mol. The first-order chi connectivity index (χ1) is 8.67. The van der Waals surface area contributed by atoms with Gasteiger partial charge in [0.25, 0.3) is 0 Å². The van der Waals surface area contributed by atoms with Crippen LogP contribution in [-0.2, 0) is 9.59 Å².